The lowest BCUT2D eigenvalue weighted by Gasteiger charge is -2.23. The first kappa shape index (κ1) is 24.7. The summed E-state index contributed by atoms with van der Waals surface area (Å²) in [5, 5.41) is 11.9. The maximum Gasteiger partial charge on any atom is 0.301 e. The van der Waals surface area contributed by atoms with Gasteiger partial charge in [0.2, 0.25) is 0 Å². The predicted molar refractivity (Wildman–Crippen MR) is 149 cm³/mol. The van der Waals surface area contributed by atoms with Crippen molar-refractivity contribution in [1.29, 1.82) is 0 Å². The largest absolute Gasteiger partial charge is 0.507 e. The summed E-state index contributed by atoms with van der Waals surface area (Å²) in [5.41, 5.74) is 2.65. The molecule has 0 aliphatic carbocycles. The molecule has 1 atom stereocenters. The van der Waals surface area contributed by atoms with Crippen molar-refractivity contribution >= 4 is 44.1 Å². The van der Waals surface area contributed by atoms with Gasteiger partial charge in [0.05, 0.1) is 21.8 Å². The van der Waals surface area contributed by atoms with Crippen LogP contribution in [0.1, 0.15) is 22.7 Å². The number of hydrogen-bond acceptors (Lipinski definition) is 8. The van der Waals surface area contributed by atoms with Crippen LogP contribution in [0.3, 0.4) is 0 Å². The molecule has 0 bridgehead atoms. The van der Waals surface area contributed by atoms with Crippen LogP contribution in [0.4, 0.5) is 5.13 Å². The highest BCUT2D eigenvalue weighted by Crippen LogP contribution is 2.45. The lowest BCUT2D eigenvalue weighted by molar-refractivity contribution is -0.132. The Kier molecular flexibility index (Phi) is 6.28. The summed E-state index contributed by atoms with van der Waals surface area (Å²) >= 11 is 1.32. The van der Waals surface area contributed by atoms with Crippen LogP contribution in [0.15, 0.2) is 78.9 Å². The number of ketones is 1. The molecule has 1 saturated heterocycles. The van der Waals surface area contributed by atoms with Gasteiger partial charge in [-0.05, 0) is 60.5 Å². The molecule has 196 valence electrons. The minimum Gasteiger partial charge on any atom is -0.507 e. The molecule has 2 aliphatic heterocycles. The number of thiazole rings is 1. The van der Waals surface area contributed by atoms with Gasteiger partial charge in [-0.1, -0.05) is 42.2 Å². The summed E-state index contributed by atoms with van der Waals surface area (Å²) in [4.78, 5) is 33.2. The number of rotatable bonds is 6. The zero-order valence-corrected chi connectivity index (χ0v) is 21.9. The number of nitrogens with zero attached hydrogens (tertiary/aromatic N) is 2. The smallest absolute Gasteiger partial charge is 0.301 e. The van der Waals surface area contributed by atoms with Crippen molar-refractivity contribution in [2.45, 2.75) is 13.0 Å². The van der Waals surface area contributed by atoms with Crippen LogP contribution in [0.25, 0.3) is 16.0 Å². The molecule has 0 spiro atoms. The van der Waals surface area contributed by atoms with Crippen molar-refractivity contribution < 1.29 is 28.9 Å². The number of aliphatic hydroxyl groups excluding tert-OH is 1. The number of aryl methyl sites for hydroxylation is 1. The summed E-state index contributed by atoms with van der Waals surface area (Å²) in [7, 11) is 0. The van der Waals surface area contributed by atoms with Gasteiger partial charge in [-0.3, -0.25) is 14.5 Å². The Hall–Kier alpha value is -4.63. The van der Waals surface area contributed by atoms with Gasteiger partial charge in [0.15, 0.2) is 16.6 Å². The number of amides is 1. The Bertz CT molecular complexity index is 1670. The third-order valence-corrected chi connectivity index (χ3v) is 7.56. The number of Topliss-reactive ketones (excluding diaryl/α,β-unsaturated/α-hetero) is 1. The molecule has 0 radical (unpaired) electrons. The van der Waals surface area contributed by atoms with Crippen LogP contribution in [-0.4, -0.2) is 41.6 Å². The van der Waals surface area contributed by atoms with E-state index in [4.69, 9.17) is 14.2 Å². The SMILES string of the molecule is C=CCOc1cccc(C2/C(=C(\O)c3ccc4c(c3)OCCO4)C(=O)C(=O)N2c2nc3ccc(C)cc3s2)c1. The second-order valence-electron chi connectivity index (χ2n) is 9.17. The molecule has 3 aromatic carbocycles. The quantitative estimate of drug-likeness (QED) is 0.148. The maximum absolute atomic E-state index is 13.6. The number of carbonyl (C=O) groups is 2. The number of benzene rings is 3. The topological polar surface area (TPSA) is 98.2 Å². The fourth-order valence-electron chi connectivity index (χ4n) is 4.74. The Morgan fingerprint density at radius 2 is 1.95 bits per heavy atom. The first-order valence-corrected chi connectivity index (χ1v) is 13.2. The normalized spacial score (nSPS) is 18.0. The average Bonchev–Trinajstić information content (AvgIpc) is 3.48. The third kappa shape index (κ3) is 4.40. The number of ether oxygens (including phenoxy) is 3. The van der Waals surface area contributed by atoms with Crippen LogP contribution in [0.5, 0.6) is 17.2 Å². The van der Waals surface area contributed by atoms with Crippen LogP contribution < -0.4 is 19.1 Å². The van der Waals surface area contributed by atoms with Crippen molar-refractivity contribution in [3.63, 3.8) is 0 Å². The maximum atomic E-state index is 13.6. The van der Waals surface area contributed by atoms with Gasteiger partial charge in [-0.2, -0.15) is 0 Å². The molecule has 1 aromatic heterocycles. The summed E-state index contributed by atoms with van der Waals surface area (Å²) in [6, 6.07) is 16.9. The summed E-state index contributed by atoms with van der Waals surface area (Å²) in [5.74, 6) is -0.346. The second-order valence-corrected chi connectivity index (χ2v) is 10.2. The number of aliphatic hydroxyl groups is 1. The van der Waals surface area contributed by atoms with Crippen LogP contribution in [-0.2, 0) is 9.59 Å². The van der Waals surface area contributed by atoms with Crippen molar-refractivity contribution in [3.05, 3.63) is 95.6 Å². The van der Waals surface area contributed by atoms with E-state index < -0.39 is 17.7 Å². The first-order valence-electron chi connectivity index (χ1n) is 12.4. The van der Waals surface area contributed by atoms with E-state index in [-0.39, 0.29) is 17.9 Å². The average molecular weight is 541 g/mol. The zero-order chi connectivity index (χ0) is 27.1. The van der Waals surface area contributed by atoms with E-state index in [9.17, 15) is 14.7 Å². The Morgan fingerprint density at radius 3 is 2.77 bits per heavy atom. The van der Waals surface area contributed by atoms with Crippen LogP contribution in [0, 0.1) is 6.92 Å². The molecule has 0 saturated carbocycles. The van der Waals surface area contributed by atoms with Gasteiger partial charge in [0.1, 0.15) is 31.3 Å². The molecule has 2 aliphatic rings. The standard InChI is InChI=1S/C30H24N2O6S/c1-3-11-36-20-6-4-5-18(15-20)26-25(27(33)19-8-10-22-23(16-19)38-13-12-37-22)28(34)29(35)32(26)30-31-21-9-7-17(2)14-24(21)39-30/h3-10,14-16,26,33H,1,11-13H2,2H3/b27-25+. The highest BCUT2D eigenvalue weighted by molar-refractivity contribution is 7.22. The molecule has 4 aromatic rings. The third-order valence-electron chi connectivity index (χ3n) is 6.54. The molecule has 39 heavy (non-hydrogen) atoms. The highest BCUT2D eigenvalue weighted by atomic mass is 32.1. The van der Waals surface area contributed by atoms with E-state index in [1.54, 1.807) is 48.5 Å². The summed E-state index contributed by atoms with van der Waals surface area (Å²) < 4.78 is 17.9. The van der Waals surface area contributed by atoms with Gasteiger partial charge in [0.25, 0.3) is 5.78 Å². The molecule has 6 rings (SSSR count). The van der Waals surface area contributed by atoms with Crippen molar-refractivity contribution in [2.24, 2.45) is 0 Å². The number of carbonyl (C=O) groups excluding carboxylic acids is 2. The Balaban J connectivity index is 1.53. The van der Waals surface area contributed by atoms with Crippen LogP contribution in [0.2, 0.25) is 0 Å². The van der Waals surface area contributed by atoms with Gasteiger partial charge in [0, 0.05) is 5.56 Å². The van der Waals surface area contributed by atoms with E-state index in [1.165, 1.54) is 16.2 Å². The molecular formula is C30H24N2O6S. The molecule has 1 N–H and O–H groups in total. The van der Waals surface area contributed by atoms with Gasteiger partial charge >= 0.3 is 5.91 Å². The fraction of sp³-hybridized carbons (Fsp3) is 0.167. The van der Waals surface area contributed by atoms with Gasteiger partial charge in [-0.15, -0.1) is 0 Å². The highest BCUT2D eigenvalue weighted by Gasteiger charge is 2.48. The lowest BCUT2D eigenvalue weighted by Crippen LogP contribution is -2.29. The van der Waals surface area contributed by atoms with Crippen molar-refractivity contribution in [3.8, 4) is 17.2 Å². The van der Waals surface area contributed by atoms with Crippen molar-refractivity contribution in [1.82, 2.24) is 4.98 Å². The number of fused-ring (bicyclic) bond motifs is 2. The minimum atomic E-state index is -0.938. The molecule has 3 heterocycles. The monoisotopic (exact) mass is 540 g/mol. The Morgan fingerprint density at radius 1 is 1.13 bits per heavy atom. The number of hydrogen-bond donors (Lipinski definition) is 1. The minimum absolute atomic E-state index is 0.0482. The first-order chi connectivity index (χ1) is 18.9. The van der Waals surface area contributed by atoms with E-state index in [0.29, 0.717) is 46.7 Å². The van der Waals surface area contributed by atoms with Crippen LogP contribution >= 0.6 is 11.3 Å². The van der Waals surface area contributed by atoms with E-state index in [1.807, 2.05) is 25.1 Å². The van der Waals surface area contributed by atoms with Gasteiger partial charge < -0.3 is 19.3 Å². The number of aromatic nitrogens is 1. The van der Waals surface area contributed by atoms with Crippen molar-refractivity contribution in [2.75, 3.05) is 24.7 Å². The fourth-order valence-corrected chi connectivity index (χ4v) is 5.83. The van der Waals surface area contributed by atoms with Gasteiger partial charge in [-0.25, -0.2) is 4.98 Å². The lowest BCUT2D eigenvalue weighted by atomic mass is 9.95. The second kappa shape index (κ2) is 9.92. The molecule has 1 unspecified atom stereocenters. The summed E-state index contributed by atoms with van der Waals surface area (Å²) in [6.07, 6.45) is 1.63. The summed E-state index contributed by atoms with van der Waals surface area (Å²) in [6.45, 7) is 6.75. The van der Waals surface area contributed by atoms with E-state index >= 15 is 0 Å². The molecule has 1 fully saturated rings. The van der Waals surface area contributed by atoms with E-state index in [2.05, 4.69) is 11.6 Å². The molecular weight excluding hydrogens is 516 g/mol. The molecule has 9 heteroatoms. The van der Waals surface area contributed by atoms with E-state index in [0.717, 1.165) is 15.8 Å². The predicted octanol–water partition coefficient (Wildman–Crippen LogP) is 5.57. The zero-order valence-electron chi connectivity index (χ0n) is 21.0. The Labute approximate surface area is 228 Å². The number of anilines is 1. The molecule has 1 amide bonds. The molecule has 8 nitrogen and oxygen atoms in total.